The van der Waals surface area contributed by atoms with E-state index in [0.717, 1.165) is 0 Å². The summed E-state index contributed by atoms with van der Waals surface area (Å²) in [5.41, 5.74) is 2.85. The summed E-state index contributed by atoms with van der Waals surface area (Å²) in [5.74, 6) is 1.16. The van der Waals surface area contributed by atoms with Crippen molar-refractivity contribution in [2.75, 3.05) is 19.5 Å². The summed E-state index contributed by atoms with van der Waals surface area (Å²) in [6.07, 6.45) is 3.30. The molecular weight excluding hydrogens is 434 g/mol. The van der Waals surface area contributed by atoms with Crippen molar-refractivity contribution in [3.63, 3.8) is 0 Å². The highest BCUT2D eigenvalue weighted by Crippen LogP contribution is 2.29. The molecule has 0 aliphatic heterocycles. The third-order valence-electron chi connectivity index (χ3n) is 5.50. The van der Waals surface area contributed by atoms with Gasteiger partial charge in [0, 0.05) is 30.1 Å². The van der Waals surface area contributed by atoms with Crippen LogP contribution >= 0.6 is 0 Å². The van der Waals surface area contributed by atoms with Gasteiger partial charge in [-0.05, 0) is 36.4 Å². The Hall–Kier alpha value is -4.66. The molecule has 0 fully saturated rings. The first-order valence-electron chi connectivity index (χ1n) is 10.5. The maximum Gasteiger partial charge on any atom is 0.260 e. The van der Waals surface area contributed by atoms with Gasteiger partial charge in [0.05, 0.1) is 36.6 Å². The van der Waals surface area contributed by atoms with Crippen LogP contribution in [0.4, 0.5) is 5.69 Å². The van der Waals surface area contributed by atoms with E-state index in [1.165, 1.54) is 17.6 Å². The van der Waals surface area contributed by atoms with E-state index in [9.17, 15) is 9.59 Å². The zero-order chi connectivity index (χ0) is 23.7. The first-order valence-corrected chi connectivity index (χ1v) is 10.5. The second kappa shape index (κ2) is 8.70. The molecule has 0 aliphatic carbocycles. The molecule has 9 nitrogen and oxygen atoms in total. The van der Waals surface area contributed by atoms with Gasteiger partial charge in [-0.25, -0.2) is 9.38 Å². The number of rotatable bonds is 6. The number of anilines is 1. The van der Waals surface area contributed by atoms with Crippen LogP contribution in [0, 0.1) is 0 Å². The van der Waals surface area contributed by atoms with E-state index >= 15 is 0 Å². The van der Waals surface area contributed by atoms with Gasteiger partial charge in [-0.3, -0.25) is 14.6 Å². The van der Waals surface area contributed by atoms with E-state index in [1.54, 1.807) is 48.3 Å². The number of fused-ring (bicyclic) bond motifs is 3. The second-order valence-electron chi connectivity index (χ2n) is 7.55. The van der Waals surface area contributed by atoms with Gasteiger partial charge in [-0.2, -0.15) is 0 Å². The fourth-order valence-corrected chi connectivity index (χ4v) is 3.92. The Morgan fingerprint density at radius 2 is 1.82 bits per heavy atom. The van der Waals surface area contributed by atoms with E-state index < -0.39 is 0 Å². The number of benzene rings is 2. The molecule has 2 aromatic carbocycles. The number of carbonyl (C=O) groups is 1. The summed E-state index contributed by atoms with van der Waals surface area (Å²) < 4.78 is 13.8. The van der Waals surface area contributed by atoms with Crippen molar-refractivity contribution >= 4 is 28.4 Å². The molecule has 5 rings (SSSR count). The van der Waals surface area contributed by atoms with E-state index in [1.807, 2.05) is 30.3 Å². The molecule has 0 unspecified atom stereocenters. The number of carbonyl (C=O) groups excluding carboxylic acids is 1. The van der Waals surface area contributed by atoms with Crippen LogP contribution in [-0.2, 0) is 11.3 Å². The Balaban J connectivity index is 1.59. The molecule has 0 radical (unpaired) electrons. The molecule has 5 aromatic rings. The lowest BCUT2D eigenvalue weighted by Gasteiger charge is -2.12. The number of pyridine rings is 1. The van der Waals surface area contributed by atoms with Gasteiger partial charge in [-0.1, -0.05) is 12.1 Å². The normalized spacial score (nSPS) is 11.0. The first kappa shape index (κ1) is 21.2. The number of hydrogen-bond acceptors (Lipinski definition) is 6. The maximum atomic E-state index is 13.1. The van der Waals surface area contributed by atoms with Crippen LogP contribution in [0.25, 0.3) is 28.1 Å². The molecule has 170 valence electrons. The van der Waals surface area contributed by atoms with E-state index in [0.29, 0.717) is 45.3 Å². The molecule has 3 heterocycles. The molecule has 0 saturated carbocycles. The molecule has 9 heteroatoms. The highest BCUT2D eigenvalue weighted by molar-refractivity contribution is 5.94. The van der Waals surface area contributed by atoms with Crippen molar-refractivity contribution in [3.8, 4) is 22.8 Å². The van der Waals surface area contributed by atoms with Crippen LogP contribution < -0.4 is 20.3 Å². The maximum absolute atomic E-state index is 13.1. The van der Waals surface area contributed by atoms with E-state index in [4.69, 9.17) is 14.5 Å². The van der Waals surface area contributed by atoms with Crippen LogP contribution in [0.5, 0.6) is 11.5 Å². The fourth-order valence-electron chi connectivity index (χ4n) is 3.92. The van der Waals surface area contributed by atoms with Crippen LogP contribution in [0.1, 0.15) is 0 Å². The molecular formula is C25H21N5O4. The molecule has 1 amide bonds. The van der Waals surface area contributed by atoms with Gasteiger partial charge in [0.15, 0.2) is 0 Å². The number of nitrogens with zero attached hydrogens (tertiary/aromatic N) is 4. The van der Waals surface area contributed by atoms with Gasteiger partial charge >= 0.3 is 0 Å². The predicted octanol–water partition coefficient (Wildman–Crippen LogP) is 3.37. The minimum Gasteiger partial charge on any atom is -0.497 e. The Kier molecular flexibility index (Phi) is 5.43. The lowest BCUT2D eigenvalue weighted by Crippen LogP contribution is -2.21. The van der Waals surface area contributed by atoms with E-state index in [-0.39, 0.29) is 18.0 Å². The molecule has 0 atom stereocenters. The van der Waals surface area contributed by atoms with Crippen LogP contribution in [0.15, 0.2) is 77.9 Å². The second-order valence-corrected chi connectivity index (χ2v) is 7.55. The molecule has 0 saturated heterocycles. The Labute approximate surface area is 194 Å². The number of amides is 1. The molecule has 1 N–H and O–H groups in total. The minimum absolute atomic E-state index is 0.0604. The van der Waals surface area contributed by atoms with E-state index in [2.05, 4.69) is 10.3 Å². The van der Waals surface area contributed by atoms with Crippen LogP contribution in [-0.4, -0.2) is 39.1 Å². The zero-order valence-electron chi connectivity index (χ0n) is 18.6. The third-order valence-corrected chi connectivity index (χ3v) is 5.50. The SMILES string of the molecule is COc1ccc(NC(=O)Cn2c3ccccc3n3c(=O)cc(-c4cccnc4)nc23)c(OC)c1. The average molecular weight is 455 g/mol. The quantitative estimate of drug-likeness (QED) is 0.421. The number of imidazole rings is 1. The number of hydrogen-bond donors (Lipinski definition) is 1. The van der Waals surface area contributed by atoms with Crippen molar-refractivity contribution in [1.29, 1.82) is 0 Å². The number of para-hydroxylation sites is 2. The van der Waals surface area contributed by atoms with Crippen molar-refractivity contribution in [2.45, 2.75) is 6.54 Å². The van der Waals surface area contributed by atoms with Gasteiger partial charge in [0.1, 0.15) is 18.0 Å². The molecule has 0 spiro atoms. The molecule has 3 aromatic heterocycles. The summed E-state index contributed by atoms with van der Waals surface area (Å²) in [7, 11) is 3.08. The summed E-state index contributed by atoms with van der Waals surface area (Å²) in [6, 6.07) is 17.6. The average Bonchev–Trinajstić information content (AvgIpc) is 3.18. The van der Waals surface area contributed by atoms with Gasteiger partial charge in [-0.15, -0.1) is 0 Å². The topological polar surface area (TPSA) is 99.8 Å². The van der Waals surface area contributed by atoms with Crippen molar-refractivity contribution in [3.05, 3.63) is 83.4 Å². The smallest absolute Gasteiger partial charge is 0.260 e. The number of methoxy groups -OCH3 is 2. The fraction of sp³-hybridized carbons (Fsp3) is 0.120. The summed E-state index contributed by atoms with van der Waals surface area (Å²) in [4.78, 5) is 35.0. The molecule has 0 bridgehead atoms. The number of aromatic nitrogens is 4. The van der Waals surface area contributed by atoms with Gasteiger partial charge in [0.2, 0.25) is 11.7 Å². The Morgan fingerprint density at radius 1 is 1.00 bits per heavy atom. The minimum atomic E-state index is -0.298. The molecule has 34 heavy (non-hydrogen) atoms. The van der Waals surface area contributed by atoms with Crippen LogP contribution in [0.2, 0.25) is 0 Å². The Morgan fingerprint density at radius 3 is 2.56 bits per heavy atom. The highest BCUT2D eigenvalue weighted by Gasteiger charge is 2.18. The third kappa shape index (κ3) is 3.73. The van der Waals surface area contributed by atoms with Crippen molar-refractivity contribution in [1.82, 2.24) is 18.9 Å². The van der Waals surface area contributed by atoms with Gasteiger partial charge in [0.25, 0.3) is 5.56 Å². The lowest BCUT2D eigenvalue weighted by atomic mass is 10.2. The number of nitrogens with one attached hydrogen (secondary N) is 1. The highest BCUT2D eigenvalue weighted by atomic mass is 16.5. The standard InChI is InChI=1S/C25H21N5O4/c1-33-17-9-10-18(22(12-17)34-2)27-23(31)15-29-20-7-3-4-8-21(20)30-24(32)13-19(28-25(29)30)16-6-5-11-26-14-16/h3-14H,15H2,1-2H3,(H,27,31). The lowest BCUT2D eigenvalue weighted by molar-refractivity contribution is -0.116. The summed E-state index contributed by atoms with van der Waals surface area (Å²) >= 11 is 0. The van der Waals surface area contributed by atoms with Crippen molar-refractivity contribution in [2.24, 2.45) is 0 Å². The van der Waals surface area contributed by atoms with Crippen LogP contribution in [0.3, 0.4) is 0 Å². The number of ether oxygens (including phenoxy) is 2. The Bertz CT molecular complexity index is 1570. The zero-order valence-corrected chi connectivity index (χ0v) is 18.6. The largest absolute Gasteiger partial charge is 0.497 e. The predicted molar refractivity (Wildman–Crippen MR) is 128 cm³/mol. The van der Waals surface area contributed by atoms with Crippen molar-refractivity contribution < 1.29 is 14.3 Å². The summed E-state index contributed by atoms with van der Waals surface area (Å²) in [5, 5.41) is 2.88. The van der Waals surface area contributed by atoms with Gasteiger partial charge < -0.3 is 19.4 Å². The monoisotopic (exact) mass is 455 g/mol. The first-order chi connectivity index (χ1) is 16.6. The molecule has 0 aliphatic rings. The summed E-state index contributed by atoms with van der Waals surface area (Å²) in [6.45, 7) is -0.0604.